The molecule has 0 spiro atoms. The average molecular weight is 793 g/mol. The maximum atomic E-state index is 6.64. The molecule has 0 aliphatic heterocycles. The molecule has 0 saturated carbocycles. The number of furan rings is 1. The van der Waals surface area contributed by atoms with Gasteiger partial charge in [-0.15, -0.1) is 0 Å². The van der Waals surface area contributed by atoms with Gasteiger partial charge in [-0.05, 0) is 70.3 Å². The molecule has 0 bridgehead atoms. The Labute approximate surface area is 357 Å². The van der Waals surface area contributed by atoms with Crippen molar-refractivity contribution in [2.45, 2.75) is 0 Å². The van der Waals surface area contributed by atoms with Crippen molar-refractivity contribution in [1.29, 1.82) is 0 Å². The highest BCUT2D eigenvalue weighted by Gasteiger charge is 2.20. The van der Waals surface area contributed by atoms with Gasteiger partial charge in [-0.2, -0.15) is 0 Å². The van der Waals surface area contributed by atoms with Crippen molar-refractivity contribution in [3.05, 3.63) is 218 Å². The van der Waals surface area contributed by atoms with Crippen LogP contribution in [0.15, 0.2) is 223 Å². The summed E-state index contributed by atoms with van der Waals surface area (Å²) >= 11 is 0. The van der Waals surface area contributed by atoms with Crippen LogP contribution in [-0.2, 0) is 0 Å². The van der Waals surface area contributed by atoms with Crippen LogP contribution in [0.1, 0.15) is 0 Å². The summed E-state index contributed by atoms with van der Waals surface area (Å²) < 4.78 is 8.98. The van der Waals surface area contributed by atoms with Gasteiger partial charge >= 0.3 is 0 Å². The van der Waals surface area contributed by atoms with Gasteiger partial charge in [-0.3, -0.25) is 0 Å². The third-order valence-electron chi connectivity index (χ3n) is 11.9. The van der Waals surface area contributed by atoms with E-state index in [9.17, 15) is 0 Å². The molecule has 5 heteroatoms. The highest BCUT2D eigenvalue weighted by atomic mass is 16.3. The Morgan fingerprint density at radius 2 is 0.839 bits per heavy atom. The Balaban J connectivity index is 0.991. The lowest BCUT2D eigenvalue weighted by Gasteiger charge is -2.12. The zero-order valence-electron chi connectivity index (χ0n) is 33.5. The number of hydrogen-bond donors (Lipinski definition) is 0. The summed E-state index contributed by atoms with van der Waals surface area (Å²) in [6.45, 7) is 0. The van der Waals surface area contributed by atoms with Crippen LogP contribution in [0.25, 0.3) is 117 Å². The van der Waals surface area contributed by atoms with Crippen LogP contribution >= 0.6 is 0 Å². The van der Waals surface area contributed by atoms with E-state index in [1.807, 2.05) is 48.5 Å². The SMILES string of the molecule is c1ccc(-c2ccc(-c3nc(-c4ccccc4)nc(-c4cccc(-n5c6ccccc6c6cc(-c7ccc(-c8ccccc8)c8oc9ccccc9c78)ccc65)c4)n3)cc2)cc1. The van der Waals surface area contributed by atoms with Crippen LogP contribution in [0.5, 0.6) is 0 Å². The molecule has 12 aromatic rings. The van der Waals surface area contributed by atoms with Crippen LogP contribution in [0.3, 0.4) is 0 Å². The van der Waals surface area contributed by atoms with Crippen molar-refractivity contribution < 1.29 is 4.42 Å². The number of fused-ring (bicyclic) bond motifs is 6. The van der Waals surface area contributed by atoms with Gasteiger partial charge in [0.1, 0.15) is 11.2 Å². The molecule has 0 aliphatic rings. The summed E-state index contributed by atoms with van der Waals surface area (Å²) in [5.41, 5.74) is 14.6. The van der Waals surface area contributed by atoms with E-state index in [4.69, 9.17) is 19.4 Å². The molecular formula is C57H36N4O. The molecule has 0 unspecified atom stereocenters. The number of hydrogen-bond acceptors (Lipinski definition) is 4. The normalized spacial score (nSPS) is 11.5. The Morgan fingerprint density at radius 1 is 0.323 bits per heavy atom. The van der Waals surface area contributed by atoms with Gasteiger partial charge in [-0.25, -0.2) is 15.0 Å². The minimum absolute atomic E-state index is 0.612. The lowest BCUT2D eigenvalue weighted by Crippen LogP contribution is -2.01. The first-order valence-electron chi connectivity index (χ1n) is 20.8. The van der Waals surface area contributed by atoms with Crippen molar-refractivity contribution in [2.75, 3.05) is 0 Å². The first-order chi connectivity index (χ1) is 30.7. The molecular weight excluding hydrogens is 757 g/mol. The second-order valence-electron chi connectivity index (χ2n) is 15.6. The van der Waals surface area contributed by atoms with E-state index in [-0.39, 0.29) is 0 Å². The zero-order chi connectivity index (χ0) is 41.0. The van der Waals surface area contributed by atoms with Gasteiger partial charge in [0.2, 0.25) is 0 Å². The summed E-state index contributed by atoms with van der Waals surface area (Å²) in [6.07, 6.45) is 0. The smallest absolute Gasteiger partial charge is 0.164 e. The molecule has 0 amide bonds. The first-order valence-corrected chi connectivity index (χ1v) is 20.8. The van der Waals surface area contributed by atoms with E-state index in [1.54, 1.807) is 0 Å². The number of benzene rings is 9. The number of nitrogens with zero attached hydrogens (tertiary/aromatic N) is 4. The van der Waals surface area contributed by atoms with Gasteiger partial charge in [0.25, 0.3) is 0 Å². The lowest BCUT2D eigenvalue weighted by molar-refractivity contribution is 0.670. The molecule has 0 radical (unpaired) electrons. The van der Waals surface area contributed by atoms with Gasteiger partial charge in [0.05, 0.1) is 11.0 Å². The fraction of sp³-hybridized carbons (Fsp3) is 0. The number of aromatic nitrogens is 4. The van der Waals surface area contributed by atoms with Crippen LogP contribution in [0, 0.1) is 0 Å². The maximum absolute atomic E-state index is 6.64. The van der Waals surface area contributed by atoms with Gasteiger partial charge in [-0.1, -0.05) is 176 Å². The summed E-state index contributed by atoms with van der Waals surface area (Å²) in [5.74, 6) is 1.87. The molecule has 5 nitrogen and oxygen atoms in total. The average Bonchev–Trinajstić information content (AvgIpc) is 3.91. The van der Waals surface area contributed by atoms with Gasteiger partial charge < -0.3 is 8.98 Å². The highest BCUT2D eigenvalue weighted by molar-refractivity contribution is 6.18. The first kappa shape index (κ1) is 35.5. The molecule has 0 atom stereocenters. The Bertz CT molecular complexity index is 3610. The number of rotatable bonds is 7. The lowest BCUT2D eigenvalue weighted by atomic mass is 9.94. The van der Waals surface area contributed by atoms with Crippen molar-refractivity contribution in [2.24, 2.45) is 0 Å². The third-order valence-corrected chi connectivity index (χ3v) is 11.9. The molecule has 9 aromatic carbocycles. The van der Waals surface area contributed by atoms with Crippen molar-refractivity contribution in [3.63, 3.8) is 0 Å². The van der Waals surface area contributed by atoms with Crippen molar-refractivity contribution in [3.8, 4) is 73.2 Å². The van der Waals surface area contributed by atoms with Gasteiger partial charge in [0.15, 0.2) is 17.5 Å². The van der Waals surface area contributed by atoms with Crippen LogP contribution in [-0.4, -0.2) is 19.5 Å². The summed E-state index contributed by atoms with van der Waals surface area (Å²) in [7, 11) is 0. The van der Waals surface area contributed by atoms with Gasteiger partial charge in [0, 0.05) is 49.5 Å². The zero-order valence-corrected chi connectivity index (χ0v) is 33.5. The standard InChI is InChI=1S/C57H36N4O/c1-4-15-37(16-5-1)38-27-29-41(30-28-38)56-58-55(40-19-8-3-9-20-40)59-57(60-56)43-21-14-22-44(35-43)61-50-25-12-10-23-47(50)49-36-42(31-34-51(49)61)45-32-33-46(39-17-6-2-7-18-39)54-53(45)48-24-11-13-26-52(48)62-54/h1-36H. The summed E-state index contributed by atoms with van der Waals surface area (Å²) in [4.78, 5) is 15.2. The van der Waals surface area contributed by atoms with E-state index in [1.165, 1.54) is 16.3 Å². The molecule has 62 heavy (non-hydrogen) atoms. The molecule has 0 saturated heterocycles. The van der Waals surface area contributed by atoms with E-state index < -0.39 is 0 Å². The molecule has 3 heterocycles. The molecule has 0 N–H and O–H groups in total. The Kier molecular flexibility index (Phi) is 8.42. The second-order valence-corrected chi connectivity index (χ2v) is 15.6. The predicted molar refractivity (Wildman–Crippen MR) is 254 cm³/mol. The number of para-hydroxylation sites is 2. The fourth-order valence-corrected chi connectivity index (χ4v) is 8.91. The topological polar surface area (TPSA) is 56.7 Å². The summed E-state index contributed by atoms with van der Waals surface area (Å²) in [6, 6.07) is 76.3. The summed E-state index contributed by atoms with van der Waals surface area (Å²) in [5, 5.41) is 4.58. The van der Waals surface area contributed by atoms with Crippen molar-refractivity contribution >= 4 is 43.7 Å². The Morgan fingerprint density at radius 3 is 1.58 bits per heavy atom. The molecule has 290 valence electrons. The largest absolute Gasteiger partial charge is 0.455 e. The molecule has 12 rings (SSSR count). The molecule has 3 aromatic heterocycles. The minimum atomic E-state index is 0.612. The predicted octanol–water partition coefficient (Wildman–Crippen LogP) is 14.9. The highest BCUT2D eigenvalue weighted by Crippen LogP contribution is 2.43. The third kappa shape index (κ3) is 6.06. The fourth-order valence-electron chi connectivity index (χ4n) is 8.91. The monoisotopic (exact) mass is 792 g/mol. The Hall–Kier alpha value is -8.41. The van der Waals surface area contributed by atoms with E-state index in [0.29, 0.717) is 17.5 Å². The quantitative estimate of drug-likeness (QED) is 0.161. The van der Waals surface area contributed by atoms with E-state index in [0.717, 1.165) is 83.2 Å². The van der Waals surface area contributed by atoms with Crippen LogP contribution < -0.4 is 0 Å². The van der Waals surface area contributed by atoms with Crippen molar-refractivity contribution in [1.82, 2.24) is 19.5 Å². The van der Waals surface area contributed by atoms with E-state index in [2.05, 4.69) is 174 Å². The van der Waals surface area contributed by atoms with Crippen LogP contribution in [0.2, 0.25) is 0 Å². The molecule has 0 fully saturated rings. The molecule has 0 aliphatic carbocycles. The minimum Gasteiger partial charge on any atom is -0.455 e. The maximum Gasteiger partial charge on any atom is 0.164 e. The van der Waals surface area contributed by atoms with E-state index >= 15 is 0 Å². The van der Waals surface area contributed by atoms with Crippen LogP contribution in [0.4, 0.5) is 0 Å². The second kappa shape index (κ2) is 14.7.